The zero-order chi connectivity index (χ0) is 12.4. The Morgan fingerprint density at radius 3 is 1.79 bits per heavy atom. The molecule has 0 amide bonds. The summed E-state index contributed by atoms with van der Waals surface area (Å²) < 4.78 is 11.0. The minimum Gasteiger partial charge on any atom is -0.222 e. The van der Waals surface area contributed by atoms with Crippen LogP contribution in [0.15, 0.2) is 22.9 Å². The van der Waals surface area contributed by atoms with Gasteiger partial charge in [-0.05, 0) is 22.9 Å². The molecule has 4 nitrogen and oxygen atoms in total. The maximum Gasteiger partial charge on any atom is 0.213 e. The molecule has 0 bridgehead atoms. The van der Waals surface area contributed by atoms with Gasteiger partial charge in [-0.2, -0.15) is 8.75 Å². The highest BCUT2D eigenvalue weighted by Crippen LogP contribution is 2.39. The van der Waals surface area contributed by atoms with Gasteiger partial charge in [-0.3, -0.25) is 0 Å². The van der Waals surface area contributed by atoms with Crippen LogP contribution in [0, 0.1) is 0 Å². The van der Waals surface area contributed by atoms with Crippen molar-refractivity contribution in [1.29, 1.82) is 0 Å². The van der Waals surface area contributed by atoms with Crippen LogP contribution in [0.3, 0.4) is 0 Å². The van der Waals surface area contributed by atoms with Crippen molar-refractivity contribution in [3.05, 3.63) is 22.9 Å². The van der Waals surface area contributed by atoms with Gasteiger partial charge in [0.2, 0.25) is 11.3 Å². The van der Waals surface area contributed by atoms with Crippen LogP contribution in [-0.2, 0) is 0 Å². The number of aromatic nitrogens is 4. The molecule has 0 atom stereocenters. The van der Waals surface area contributed by atoms with Crippen molar-refractivity contribution in [1.82, 2.24) is 18.7 Å². The lowest BCUT2D eigenvalue weighted by Gasteiger charge is -2.01. The summed E-state index contributed by atoms with van der Waals surface area (Å²) in [7, 11) is 0. The van der Waals surface area contributed by atoms with E-state index in [9.17, 15) is 0 Å². The first kappa shape index (κ1) is 10.1. The molecule has 90 valence electrons. The van der Waals surface area contributed by atoms with E-state index in [0.29, 0.717) is 11.3 Å². The lowest BCUT2D eigenvalue weighted by molar-refractivity contribution is 1.36. The molecule has 19 heavy (non-hydrogen) atoms. The molecular formula is C12H4N4S3. The lowest BCUT2D eigenvalue weighted by atomic mass is 10.1. The second-order valence-corrected chi connectivity index (χ2v) is 6.52. The average molecular weight is 300 g/mol. The van der Waals surface area contributed by atoms with Crippen LogP contribution in [0.25, 0.3) is 42.5 Å². The number of rotatable bonds is 0. The summed E-state index contributed by atoms with van der Waals surface area (Å²) in [6.45, 7) is 0. The highest BCUT2D eigenvalue weighted by molar-refractivity contribution is 7.25. The standard InChI is InChI=1S/C12H4N4S3/c1-3-17-9-5(1)7-8(6-2-4-18-10(6)9)14-12-11(13-7)15-19-16-12/h1-4H. The third-order valence-corrected chi connectivity index (χ3v) is 5.66. The number of nitrogens with zero attached hydrogens (tertiary/aromatic N) is 4. The maximum absolute atomic E-state index is 4.65. The van der Waals surface area contributed by atoms with E-state index in [-0.39, 0.29) is 0 Å². The molecule has 0 aliphatic heterocycles. The molecule has 1 aromatic carbocycles. The van der Waals surface area contributed by atoms with Crippen LogP contribution in [0.4, 0.5) is 0 Å². The predicted molar refractivity (Wildman–Crippen MR) is 81.3 cm³/mol. The van der Waals surface area contributed by atoms with Crippen molar-refractivity contribution < 1.29 is 0 Å². The maximum atomic E-state index is 4.65. The Labute approximate surface area is 118 Å². The third-order valence-electron chi connectivity index (χ3n) is 3.16. The van der Waals surface area contributed by atoms with Gasteiger partial charge in [-0.15, -0.1) is 22.7 Å². The number of benzene rings is 1. The molecule has 0 saturated carbocycles. The fourth-order valence-electron chi connectivity index (χ4n) is 2.36. The van der Waals surface area contributed by atoms with Crippen LogP contribution in [0.1, 0.15) is 0 Å². The molecule has 4 aromatic heterocycles. The van der Waals surface area contributed by atoms with Gasteiger partial charge in [0.05, 0.1) is 21.1 Å². The van der Waals surface area contributed by atoms with Crippen LogP contribution in [0.2, 0.25) is 0 Å². The van der Waals surface area contributed by atoms with Gasteiger partial charge in [0.25, 0.3) is 0 Å². The molecule has 4 heterocycles. The van der Waals surface area contributed by atoms with Crippen molar-refractivity contribution in [2.24, 2.45) is 0 Å². The summed E-state index contributed by atoms with van der Waals surface area (Å²) >= 11 is 4.66. The van der Waals surface area contributed by atoms with Crippen LogP contribution in [0.5, 0.6) is 0 Å². The van der Waals surface area contributed by atoms with E-state index in [4.69, 9.17) is 0 Å². The summed E-state index contributed by atoms with van der Waals surface area (Å²) in [5.41, 5.74) is 3.14. The number of thiophene rings is 2. The summed E-state index contributed by atoms with van der Waals surface area (Å²) in [6.07, 6.45) is 0. The monoisotopic (exact) mass is 300 g/mol. The normalized spacial score (nSPS) is 12.2. The Bertz CT molecular complexity index is 988. The Hall–Kier alpha value is -1.70. The Balaban J connectivity index is 2.23. The highest BCUT2D eigenvalue weighted by atomic mass is 32.1. The minimum atomic E-state index is 0.638. The van der Waals surface area contributed by atoms with Crippen LogP contribution in [-0.4, -0.2) is 18.7 Å². The molecule has 0 aliphatic rings. The van der Waals surface area contributed by atoms with Gasteiger partial charge in [0.15, 0.2) is 0 Å². The van der Waals surface area contributed by atoms with Gasteiger partial charge in [0, 0.05) is 10.8 Å². The van der Waals surface area contributed by atoms with Crippen molar-refractivity contribution in [2.45, 2.75) is 0 Å². The van der Waals surface area contributed by atoms with Gasteiger partial charge in [-0.25, -0.2) is 9.97 Å². The van der Waals surface area contributed by atoms with Gasteiger partial charge < -0.3 is 0 Å². The number of fused-ring (bicyclic) bond motifs is 7. The molecule has 0 spiro atoms. The predicted octanol–water partition coefficient (Wildman–Crippen LogP) is 4.06. The molecule has 0 fully saturated rings. The van der Waals surface area contributed by atoms with E-state index in [0.717, 1.165) is 33.5 Å². The van der Waals surface area contributed by atoms with E-state index < -0.39 is 0 Å². The summed E-state index contributed by atoms with van der Waals surface area (Å²) in [5.74, 6) is 0. The van der Waals surface area contributed by atoms with Gasteiger partial charge in [0.1, 0.15) is 11.0 Å². The fraction of sp³-hybridized carbons (Fsp3) is 0. The Morgan fingerprint density at radius 1 is 0.737 bits per heavy atom. The van der Waals surface area contributed by atoms with Crippen molar-refractivity contribution in [3.8, 4) is 0 Å². The molecule has 0 N–H and O–H groups in total. The largest absolute Gasteiger partial charge is 0.222 e. The number of hydrogen-bond donors (Lipinski definition) is 0. The molecule has 0 radical (unpaired) electrons. The zero-order valence-corrected chi connectivity index (χ0v) is 11.8. The molecule has 7 heteroatoms. The van der Waals surface area contributed by atoms with Crippen LogP contribution < -0.4 is 0 Å². The highest BCUT2D eigenvalue weighted by Gasteiger charge is 2.15. The average Bonchev–Trinajstić information content (AvgIpc) is 3.15. The number of hydrogen-bond acceptors (Lipinski definition) is 7. The lowest BCUT2D eigenvalue weighted by Crippen LogP contribution is -1.87. The second kappa shape index (κ2) is 3.44. The quantitative estimate of drug-likeness (QED) is 0.433. The van der Waals surface area contributed by atoms with E-state index in [2.05, 4.69) is 41.6 Å². The first-order chi connectivity index (χ1) is 9.42. The van der Waals surface area contributed by atoms with Crippen molar-refractivity contribution >= 4 is 76.9 Å². The Kier molecular flexibility index (Phi) is 1.83. The first-order valence-corrected chi connectivity index (χ1v) is 8.07. The SMILES string of the molecule is c1cc2c3nc4nsnc4nc3c3ccsc3c2s1. The molecule has 0 aliphatic carbocycles. The molecule has 5 rings (SSSR count). The molecular weight excluding hydrogens is 296 g/mol. The van der Waals surface area contributed by atoms with Gasteiger partial charge in [-0.1, -0.05) is 0 Å². The first-order valence-electron chi connectivity index (χ1n) is 5.58. The smallest absolute Gasteiger partial charge is 0.213 e. The van der Waals surface area contributed by atoms with E-state index in [1.807, 2.05) is 0 Å². The molecule has 0 saturated heterocycles. The van der Waals surface area contributed by atoms with Crippen LogP contribution >= 0.6 is 34.4 Å². The fourth-order valence-corrected chi connectivity index (χ4v) is 4.78. The summed E-state index contributed by atoms with van der Waals surface area (Å²) in [6, 6.07) is 4.23. The summed E-state index contributed by atoms with van der Waals surface area (Å²) in [4.78, 5) is 9.31. The van der Waals surface area contributed by atoms with Crippen molar-refractivity contribution in [3.63, 3.8) is 0 Å². The minimum absolute atomic E-state index is 0.638. The van der Waals surface area contributed by atoms with Gasteiger partial charge >= 0.3 is 0 Å². The second-order valence-electron chi connectivity index (χ2n) is 4.16. The molecule has 0 unspecified atom stereocenters. The van der Waals surface area contributed by atoms with E-state index in [1.165, 1.54) is 9.40 Å². The topological polar surface area (TPSA) is 51.6 Å². The zero-order valence-electron chi connectivity index (χ0n) is 9.32. The van der Waals surface area contributed by atoms with Crippen molar-refractivity contribution in [2.75, 3.05) is 0 Å². The Morgan fingerprint density at radius 2 is 1.26 bits per heavy atom. The van der Waals surface area contributed by atoms with E-state index >= 15 is 0 Å². The molecule has 5 aromatic rings. The van der Waals surface area contributed by atoms with E-state index in [1.54, 1.807) is 22.7 Å². The summed E-state index contributed by atoms with van der Waals surface area (Å²) in [5, 5.41) is 6.54. The third kappa shape index (κ3) is 1.22.